The van der Waals surface area contributed by atoms with Crippen molar-refractivity contribution in [2.75, 3.05) is 17.7 Å². The molecular weight excluding hydrogens is 357 g/mol. The number of amides is 1. The molecule has 2 aromatic carbocycles. The first-order valence-electron chi connectivity index (χ1n) is 7.93. The maximum absolute atomic E-state index is 13.4. The van der Waals surface area contributed by atoms with Crippen LogP contribution in [-0.2, 0) is 9.53 Å². The molecule has 1 amide bonds. The Kier molecular flexibility index (Phi) is 6.07. The fourth-order valence-corrected chi connectivity index (χ4v) is 2.30. The number of benzene rings is 2. The second-order valence-corrected chi connectivity index (χ2v) is 5.80. The third-order valence-electron chi connectivity index (χ3n) is 3.83. The highest BCUT2D eigenvalue weighted by molar-refractivity contribution is 5.97. The van der Waals surface area contributed by atoms with Crippen LogP contribution in [0.3, 0.4) is 0 Å². The van der Waals surface area contributed by atoms with Crippen LogP contribution in [0.4, 0.5) is 21.5 Å². The van der Waals surface area contributed by atoms with E-state index in [1.54, 1.807) is 32.0 Å². The van der Waals surface area contributed by atoms with Crippen LogP contribution >= 0.6 is 0 Å². The van der Waals surface area contributed by atoms with Crippen molar-refractivity contribution in [1.29, 1.82) is 0 Å². The number of anilines is 2. The maximum atomic E-state index is 13.4. The normalized spacial score (nSPS) is 11.4. The Balaban J connectivity index is 2.13. The van der Waals surface area contributed by atoms with Gasteiger partial charge in [0.2, 0.25) is 11.7 Å². The number of nitro benzene ring substituents is 1. The van der Waals surface area contributed by atoms with Crippen LogP contribution in [0.1, 0.15) is 22.8 Å². The number of esters is 1. The average molecular weight is 375 g/mol. The number of nitro groups is 1. The molecule has 0 spiro atoms. The summed E-state index contributed by atoms with van der Waals surface area (Å²) < 4.78 is 18.0. The van der Waals surface area contributed by atoms with Crippen LogP contribution in [0, 0.1) is 22.9 Å². The Labute approximate surface area is 154 Å². The molecule has 0 heterocycles. The van der Waals surface area contributed by atoms with Crippen LogP contribution in [0.5, 0.6) is 0 Å². The van der Waals surface area contributed by atoms with Gasteiger partial charge in [0.25, 0.3) is 0 Å². The first-order valence-corrected chi connectivity index (χ1v) is 7.93. The standard InChI is InChI=1S/C18H18FN3O5/c1-10-4-5-12(18(24)27-3)8-15(10)20-11(2)17(23)21-13-6-7-14(19)16(9-13)22(25)26/h4-9,11,20H,1-3H3,(H,21,23)/t11-/m0/s1. The third-order valence-corrected chi connectivity index (χ3v) is 3.83. The summed E-state index contributed by atoms with van der Waals surface area (Å²) in [6, 6.07) is 7.24. The lowest BCUT2D eigenvalue weighted by molar-refractivity contribution is -0.387. The lowest BCUT2D eigenvalue weighted by atomic mass is 10.1. The third kappa shape index (κ3) is 4.78. The molecule has 0 aliphatic rings. The smallest absolute Gasteiger partial charge is 0.337 e. The van der Waals surface area contributed by atoms with Crippen molar-refractivity contribution < 1.29 is 23.6 Å². The number of ether oxygens (including phenoxy) is 1. The summed E-state index contributed by atoms with van der Waals surface area (Å²) in [6.45, 7) is 3.38. The van der Waals surface area contributed by atoms with Crippen molar-refractivity contribution in [1.82, 2.24) is 0 Å². The van der Waals surface area contributed by atoms with E-state index >= 15 is 0 Å². The Morgan fingerprint density at radius 1 is 1.22 bits per heavy atom. The minimum atomic E-state index is -0.987. The highest BCUT2D eigenvalue weighted by Gasteiger charge is 2.18. The SMILES string of the molecule is COC(=O)c1ccc(C)c(N[C@@H](C)C(=O)Nc2ccc(F)c([N+](=O)[O-])c2)c1. The Bertz CT molecular complexity index is 901. The van der Waals surface area contributed by atoms with Gasteiger partial charge in [-0.2, -0.15) is 4.39 Å². The lowest BCUT2D eigenvalue weighted by Crippen LogP contribution is -2.32. The predicted molar refractivity (Wildman–Crippen MR) is 97.3 cm³/mol. The fourth-order valence-electron chi connectivity index (χ4n) is 2.30. The quantitative estimate of drug-likeness (QED) is 0.455. The van der Waals surface area contributed by atoms with Gasteiger partial charge in [-0.1, -0.05) is 6.07 Å². The van der Waals surface area contributed by atoms with E-state index in [4.69, 9.17) is 0 Å². The number of carbonyl (C=O) groups excluding carboxylic acids is 2. The summed E-state index contributed by atoms with van der Waals surface area (Å²) in [5, 5.41) is 16.2. The van der Waals surface area contributed by atoms with E-state index < -0.39 is 34.3 Å². The van der Waals surface area contributed by atoms with Gasteiger partial charge >= 0.3 is 11.7 Å². The largest absolute Gasteiger partial charge is 0.465 e. The van der Waals surface area contributed by atoms with E-state index in [0.29, 0.717) is 11.3 Å². The second kappa shape index (κ2) is 8.26. The van der Waals surface area contributed by atoms with Crippen molar-refractivity contribution in [3.05, 3.63) is 63.5 Å². The van der Waals surface area contributed by atoms with Crippen molar-refractivity contribution in [3.8, 4) is 0 Å². The molecule has 0 fully saturated rings. The van der Waals surface area contributed by atoms with Gasteiger partial charge < -0.3 is 15.4 Å². The molecule has 142 valence electrons. The average Bonchev–Trinajstić information content (AvgIpc) is 2.64. The molecule has 2 N–H and O–H groups in total. The molecule has 0 bridgehead atoms. The Morgan fingerprint density at radius 2 is 1.93 bits per heavy atom. The molecule has 0 unspecified atom stereocenters. The van der Waals surface area contributed by atoms with Crippen molar-refractivity contribution in [2.24, 2.45) is 0 Å². The van der Waals surface area contributed by atoms with Crippen LogP contribution in [0.2, 0.25) is 0 Å². The van der Waals surface area contributed by atoms with E-state index in [2.05, 4.69) is 15.4 Å². The van der Waals surface area contributed by atoms with E-state index in [1.807, 2.05) is 0 Å². The van der Waals surface area contributed by atoms with Gasteiger partial charge in [0, 0.05) is 17.4 Å². The fraction of sp³-hybridized carbons (Fsp3) is 0.222. The molecular formula is C18H18FN3O5. The number of methoxy groups -OCH3 is 1. The van der Waals surface area contributed by atoms with Crippen LogP contribution in [0.15, 0.2) is 36.4 Å². The van der Waals surface area contributed by atoms with Crippen LogP contribution < -0.4 is 10.6 Å². The first kappa shape index (κ1) is 19.8. The van der Waals surface area contributed by atoms with Gasteiger partial charge in [-0.3, -0.25) is 14.9 Å². The van der Waals surface area contributed by atoms with Gasteiger partial charge in [-0.15, -0.1) is 0 Å². The zero-order chi connectivity index (χ0) is 20.1. The number of aryl methyl sites for hydroxylation is 1. The van der Waals surface area contributed by atoms with Gasteiger partial charge in [-0.05, 0) is 43.7 Å². The van der Waals surface area contributed by atoms with E-state index in [-0.39, 0.29) is 5.69 Å². The van der Waals surface area contributed by atoms with Gasteiger partial charge in [0.05, 0.1) is 17.6 Å². The van der Waals surface area contributed by atoms with Crippen molar-refractivity contribution in [2.45, 2.75) is 19.9 Å². The summed E-state index contributed by atoms with van der Waals surface area (Å²) in [4.78, 5) is 33.9. The molecule has 8 nitrogen and oxygen atoms in total. The van der Waals surface area contributed by atoms with Crippen molar-refractivity contribution >= 4 is 28.9 Å². The topological polar surface area (TPSA) is 111 Å². The van der Waals surface area contributed by atoms with Crippen LogP contribution in [-0.4, -0.2) is 30.0 Å². The first-order chi connectivity index (χ1) is 12.7. The summed E-state index contributed by atoms with van der Waals surface area (Å²) in [7, 11) is 1.27. The molecule has 2 rings (SSSR count). The van der Waals surface area contributed by atoms with E-state index in [9.17, 15) is 24.1 Å². The van der Waals surface area contributed by atoms with E-state index in [1.165, 1.54) is 13.2 Å². The highest BCUT2D eigenvalue weighted by atomic mass is 19.1. The maximum Gasteiger partial charge on any atom is 0.337 e. The molecule has 0 aliphatic carbocycles. The van der Waals surface area contributed by atoms with Crippen LogP contribution in [0.25, 0.3) is 0 Å². The highest BCUT2D eigenvalue weighted by Crippen LogP contribution is 2.22. The molecule has 0 saturated heterocycles. The Morgan fingerprint density at radius 3 is 2.56 bits per heavy atom. The zero-order valence-electron chi connectivity index (χ0n) is 14.9. The minimum Gasteiger partial charge on any atom is -0.465 e. The van der Waals surface area contributed by atoms with Gasteiger partial charge in [0.15, 0.2) is 0 Å². The number of rotatable bonds is 6. The Hall–Kier alpha value is -3.49. The number of nitrogens with one attached hydrogen (secondary N) is 2. The summed E-state index contributed by atoms with van der Waals surface area (Å²) in [5.41, 5.74) is 1.06. The number of hydrogen-bond acceptors (Lipinski definition) is 6. The molecule has 0 aromatic heterocycles. The van der Waals surface area contributed by atoms with E-state index in [0.717, 1.165) is 17.7 Å². The zero-order valence-corrected chi connectivity index (χ0v) is 14.9. The molecule has 1 atom stereocenters. The number of hydrogen-bond donors (Lipinski definition) is 2. The van der Waals surface area contributed by atoms with Gasteiger partial charge in [-0.25, -0.2) is 4.79 Å². The molecule has 0 aliphatic heterocycles. The number of halogens is 1. The molecule has 9 heteroatoms. The van der Waals surface area contributed by atoms with Gasteiger partial charge in [0.1, 0.15) is 6.04 Å². The molecule has 0 saturated carbocycles. The second-order valence-electron chi connectivity index (χ2n) is 5.80. The number of nitrogens with zero attached hydrogens (tertiary/aromatic N) is 1. The van der Waals surface area contributed by atoms with Crippen molar-refractivity contribution in [3.63, 3.8) is 0 Å². The molecule has 27 heavy (non-hydrogen) atoms. The number of carbonyl (C=O) groups is 2. The lowest BCUT2D eigenvalue weighted by Gasteiger charge is -2.17. The molecule has 2 aromatic rings. The summed E-state index contributed by atoms with van der Waals surface area (Å²) in [6.07, 6.45) is 0. The summed E-state index contributed by atoms with van der Waals surface area (Å²) >= 11 is 0. The minimum absolute atomic E-state index is 0.0989. The predicted octanol–water partition coefficient (Wildman–Crippen LogP) is 3.27. The monoisotopic (exact) mass is 375 g/mol. The molecule has 0 radical (unpaired) electrons. The summed E-state index contributed by atoms with van der Waals surface area (Å²) in [5.74, 6) is -1.98.